The van der Waals surface area contributed by atoms with E-state index in [0.29, 0.717) is 0 Å². The van der Waals surface area contributed by atoms with Gasteiger partial charge >= 0.3 is 0 Å². The fourth-order valence-electron chi connectivity index (χ4n) is 1.91. The topological polar surface area (TPSA) is 16.1 Å². The van der Waals surface area contributed by atoms with Gasteiger partial charge in [-0.25, -0.2) is 0 Å². The van der Waals surface area contributed by atoms with Crippen molar-refractivity contribution in [2.75, 3.05) is 11.9 Å². The summed E-state index contributed by atoms with van der Waals surface area (Å²) in [4.78, 5) is 6.32. The van der Waals surface area contributed by atoms with Crippen molar-refractivity contribution in [1.82, 2.24) is 4.98 Å². The maximum Gasteiger partial charge on any atom is 0.0468 e. The molecular weight excluding hydrogens is 196 g/mol. The molecule has 0 radical (unpaired) electrons. The first-order chi connectivity index (χ1) is 7.70. The predicted octanol–water partition coefficient (Wildman–Crippen LogP) is 3.47. The third kappa shape index (κ3) is 1.91. The van der Waals surface area contributed by atoms with Crippen molar-refractivity contribution in [3.8, 4) is 0 Å². The number of para-hydroxylation sites is 1. The number of aromatic nitrogens is 1. The maximum atomic E-state index is 4.12. The van der Waals surface area contributed by atoms with Crippen molar-refractivity contribution >= 4 is 11.4 Å². The number of aryl methyl sites for hydroxylation is 2. The van der Waals surface area contributed by atoms with E-state index in [-0.39, 0.29) is 0 Å². The summed E-state index contributed by atoms with van der Waals surface area (Å²) < 4.78 is 0. The van der Waals surface area contributed by atoms with Crippen molar-refractivity contribution in [2.24, 2.45) is 0 Å². The summed E-state index contributed by atoms with van der Waals surface area (Å²) in [6.45, 7) is 4.21. The highest BCUT2D eigenvalue weighted by molar-refractivity contribution is 5.67. The lowest BCUT2D eigenvalue weighted by atomic mass is 10.1. The van der Waals surface area contributed by atoms with Gasteiger partial charge in [-0.3, -0.25) is 4.98 Å². The van der Waals surface area contributed by atoms with Crippen LogP contribution >= 0.6 is 0 Å². The molecule has 0 aliphatic carbocycles. The van der Waals surface area contributed by atoms with E-state index in [9.17, 15) is 0 Å². The quantitative estimate of drug-likeness (QED) is 0.757. The first-order valence-electron chi connectivity index (χ1n) is 5.40. The molecule has 1 heterocycles. The Kier molecular flexibility index (Phi) is 2.91. The molecule has 0 fully saturated rings. The lowest BCUT2D eigenvalue weighted by molar-refractivity contribution is 1.14. The van der Waals surface area contributed by atoms with Crippen molar-refractivity contribution in [1.29, 1.82) is 0 Å². The summed E-state index contributed by atoms with van der Waals surface area (Å²) in [5.41, 5.74) is 4.90. The molecule has 2 nitrogen and oxygen atoms in total. The van der Waals surface area contributed by atoms with Crippen LogP contribution < -0.4 is 4.90 Å². The molecule has 0 aliphatic heterocycles. The number of pyridine rings is 1. The minimum atomic E-state index is 1.19. The molecule has 0 saturated carbocycles. The standard InChI is InChI=1S/C14H16N2/c1-11-6-4-5-7-13(11)16(3)14-8-9-15-10-12(14)2/h4-10H,1-3H3. The summed E-state index contributed by atoms with van der Waals surface area (Å²) in [6, 6.07) is 10.4. The van der Waals surface area contributed by atoms with Gasteiger partial charge in [0, 0.05) is 30.8 Å². The molecule has 0 N–H and O–H groups in total. The number of hydrogen-bond donors (Lipinski definition) is 0. The molecule has 2 aromatic rings. The minimum absolute atomic E-state index is 1.19. The van der Waals surface area contributed by atoms with Gasteiger partial charge in [-0.05, 0) is 37.1 Å². The molecular formula is C14H16N2. The highest BCUT2D eigenvalue weighted by Gasteiger charge is 2.07. The molecule has 2 heteroatoms. The highest BCUT2D eigenvalue weighted by atomic mass is 15.1. The van der Waals surface area contributed by atoms with Crippen molar-refractivity contribution in [3.05, 3.63) is 53.9 Å². The normalized spacial score (nSPS) is 10.2. The molecule has 16 heavy (non-hydrogen) atoms. The Morgan fingerprint density at radius 3 is 2.31 bits per heavy atom. The molecule has 2 rings (SSSR count). The van der Waals surface area contributed by atoms with Gasteiger partial charge in [-0.15, -0.1) is 0 Å². The summed E-state index contributed by atoms with van der Waals surface area (Å²) in [5, 5.41) is 0. The Morgan fingerprint density at radius 1 is 0.938 bits per heavy atom. The zero-order valence-corrected chi connectivity index (χ0v) is 9.94. The van der Waals surface area contributed by atoms with Gasteiger partial charge in [-0.2, -0.15) is 0 Å². The van der Waals surface area contributed by atoms with Crippen LogP contribution in [0.2, 0.25) is 0 Å². The number of anilines is 2. The van der Waals surface area contributed by atoms with Crippen LogP contribution in [0.5, 0.6) is 0 Å². The van der Waals surface area contributed by atoms with Crippen molar-refractivity contribution in [3.63, 3.8) is 0 Å². The fraction of sp³-hybridized carbons (Fsp3) is 0.214. The van der Waals surface area contributed by atoms with Crippen LogP contribution in [0.1, 0.15) is 11.1 Å². The summed E-state index contributed by atoms with van der Waals surface area (Å²) in [5.74, 6) is 0. The van der Waals surface area contributed by atoms with Crippen LogP contribution in [-0.2, 0) is 0 Å². The number of benzene rings is 1. The molecule has 0 unspecified atom stereocenters. The second kappa shape index (κ2) is 4.35. The number of hydrogen-bond acceptors (Lipinski definition) is 2. The molecule has 1 aromatic heterocycles. The predicted molar refractivity (Wildman–Crippen MR) is 68.2 cm³/mol. The average Bonchev–Trinajstić information content (AvgIpc) is 2.29. The van der Waals surface area contributed by atoms with Gasteiger partial charge in [-0.1, -0.05) is 18.2 Å². The van der Waals surface area contributed by atoms with E-state index in [4.69, 9.17) is 0 Å². The van der Waals surface area contributed by atoms with E-state index in [1.165, 1.54) is 22.5 Å². The molecule has 0 spiro atoms. The highest BCUT2D eigenvalue weighted by Crippen LogP contribution is 2.27. The third-order valence-corrected chi connectivity index (χ3v) is 2.83. The van der Waals surface area contributed by atoms with Gasteiger partial charge in [0.1, 0.15) is 0 Å². The van der Waals surface area contributed by atoms with Gasteiger partial charge in [0.25, 0.3) is 0 Å². The monoisotopic (exact) mass is 212 g/mol. The van der Waals surface area contributed by atoms with E-state index in [1.807, 2.05) is 18.5 Å². The van der Waals surface area contributed by atoms with Crippen LogP contribution in [0.15, 0.2) is 42.7 Å². The van der Waals surface area contributed by atoms with Gasteiger partial charge in [0.15, 0.2) is 0 Å². The Labute approximate surface area is 96.6 Å². The Hall–Kier alpha value is -1.83. The Morgan fingerprint density at radius 2 is 1.62 bits per heavy atom. The SMILES string of the molecule is Cc1ccccc1N(C)c1ccncc1C. The van der Waals surface area contributed by atoms with E-state index in [2.05, 4.69) is 55.0 Å². The second-order valence-corrected chi connectivity index (χ2v) is 4.01. The fourth-order valence-corrected chi connectivity index (χ4v) is 1.91. The van der Waals surface area contributed by atoms with Crippen LogP contribution in [-0.4, -0.2) is 12.0 Å². The zero-order valence-electron chi connectivity index (χ0n) is 9.94. The van der Waals surface area contributed by atoms with E-state index in [1.54, 1.807) is 0 Å². The van der Waals surface area contributed by atoms with Gasteiger partial charge < -0.3 is 4.90 Å². The zero-order chi connectivity index (χ0) is 11.5. The van der Waals surface area contributed by atoms with Crippen LogP contribution in [0.3, 0.4) is 0 Å². The molecule has 0 aliphatic rings. The second-order valence-electron chi connectivity index (χ2n) is 4.01. The van der Waals surface area contributed by atoms with E-state index in [0.717, 1.165) is 0 Å². The first kappa shape index (κ1) is 10.7. The van der Waals surface area contributed by atoms with E-state index >= 15 is 0 Å². The van der Waals surface area contributed by atoms with Crippen LogP contribution in [0.4, 0.5) is 11.4 Å². The van der Waals surface area contributed by atoms with E-state index < -0.39 is 0 Å². The molecule has 82 valence electrons. The molecule has 0 bridgehead atoms. The smallest absolute Gasteiger partial charge is 0.0468 e. The summed E-state index contributed by atoms with van der Waals surface area (Å²) >= 11 is 0. The summed E-state index contributed by atoms with van der Waals surface area (Å²) in [6.07, 6.45) is 3.72. The summed E-state index contributed by atoms with van der Waals surface area (Å²) in [7, 11) is 2.09. The first-order valence-corrected chi connectivity index (χ1v) is 5.40. The number of nitrogens with zero attached hydrogens (tertiary/aromatic N) is 2. The number of rotatable bonds is 2. The van der Waals surface area contributed by atoms with Crippen molar-refractivity contribution < 1.29 is 0 Å². The average molecular weight is 212 g/mol. The third-order valence-electron chi connectivity index (χ3n) is 2.83. The maximum absolute atomic E-state index is 4.12. The molecule has 0 amide bonds. The Balaban J connectivity index is 2.44. The minimum Gasteiger partial charge on any atom is -0.344 e. The van der Waals surface area contributed by atoms with Crippen LogP contribution in [0, 0.1) is 13.8 Å². The molecule has 0 atom stereocenters. The van der Waals surface area contributed by atoms with Crippen LogP contribution in [0.25, 0.3) is 0 Å². The van der Waals surface area contributed by atoms with Gasteiger partial charge in [0.05, 0.1) is 0 Å². The largest absolute Gasteiger partial charge is 0.344 e. The lowest BCUT2D eigenvalue weighted by Crippen LogP contribution is -2.12. The van der Waals surface area contributed by atoms with Gasteiger partial charge in [0.2, 0.25) is 0 Å². The molecule has 1 aromatic carbocycles. The molecule has 0 saturated heterocycles. The lowest BCUT2D eigenvalue weighted by Gasteiger charge is -2.22. The van der Waals surface area contributed by atoms with Crippen molar-refractivity contribution in [2.45, 2.75) is 13.8 Å². The Bertz CT molecular complexity index is 446.